The van der Waals surface area contributed by atoms with Gasteiger partial charge in [-0.25, -0.2) is 4.98 Å². The zero-order valence-electron chi connectivity index (χ0n) is 50.2. The van der Waals surface area contributed by atoms with Gasteiger partial charge in [-0.2, -0.15) is 6.07 Å². The molecular formula is C76H71N4OPtSSi-3. The molecule has 13 rings (SSSR count). The van der Waals surface area contributed by atoms with E-state index >= 15 is 0 Å². The standard InChI is InChI=1S/C76H71N4OSSi.Pt/c1-73(2,3)50-37-38-77-69(44-50)80-61-31-24-36-67-70(61)71-62(80)46-56(47-68(71)83(67)65-34-21-19-32-63(65)82-64-33-20-22-35-66(64)83)81-55-28-23-27-54(45-55)78-59-29-17-18-30-60(59)79(13)72-57(48-25-15-14-16-26-48)42-53(76(10,11)12)43-58(72)49-39-51(74(4,5)6)41-52(40-49)75(7,8)9;/h14-44,47,78H,13H2,1-12H3;/q-3;. The summed E-state index contributed by atoms with van der Waals surface area (Å²) in [6, 6.07) is 76.6. The molecule has 0 bridgehead atoms. The van der Waals surface area contributed by atoms with Crippen LogP contribution in [0.1, 0.15) is 105 Å². The molecule has 84 heavy (non-hydrogen) atoms. The minimum atomic E-state index is -2.91. The van der Waals surface area contributed by atoms with Crippen molar-refractivity contribution in [1.82, 2.24) is 9.55 Å². The Morgan fingerprint density at radius 1 is 0.512 bits per heavy atom. The van der Waals surface area contributed by atoms with E-state index < -0.39 is 8.07 Å². The van der Waals surface area contributed by atoms with Gasteiger partial charge in [0.05, 0.1) is 5.69 Å². The van der Waals surface area contributed by atoms with E-state index in [1.807, 2.05) is 30.1 Å². The first kappa shape index (κ1) is 57.0. The normalized spacial score (nSPS) is 13.5. The van der Waals surface area contributed by atoms with Crippen LogP contribution in [0.2, 0.25) is 0 Å². The van der Waals surface area contributed by atoms with Gasteiger partial charge in [-0.3, -0.25) is 7.05 Å². The molecule has 11 aromatic rings. The Hall–Kier alpha value is -7.41. The van der Waals surface area contributed by atoms with Gasteiger partial charge in [0.25, 0.3) is 0 Å². The average molecular weight is 1310 g/mol. The molecule has 2 aromatic heterocycles. The number of ether oxygens (including phenoxy) is 1. The first-order valence-electron chi connectivity index (χ1n) is 29.0. The fourth-order valence-electron chi connectivity index (χ4n) is 12.5. The van der Waals surface area contributed by atoms with E-state index in [9.17, 15) is 0 Å². The van der Waals surface area contributed by atoms with Crippen molar-refractivity contribution in [3.8, 4) is 39.6 Å². The molecule has 1 N–H and O–H groups in total. The van der Waals surface area contributed by atoms with E-state index in [0.717, 1.165) is 56.3 Å². The van der Waals surface area contributed by atoms with Gasteiger partial charge in [0.2, 0.25) is 0 Å². The first-order valence-corrected chi connectivity index (χ1v) is 31.8. The zero-order valence-corrected chi connectivity index (χ0v) is 54.2. The Bertz CT molecular complexity index is 4300. The predicted molar refractivity (Wildman–Crippen MR) is 353 cm³/mol. The third kappa shape index (κ3) is 9.74. The molecular weight excluding hydrogens is 1240 g/mol. The molecule has 8 heteroatoms. The number of hydrogen-bond donors (Lipinski definition) is 1. The van der Waals surface area contributed by atoms with Gasteiger partial charge in [-0.15, -0.1) is 40.9 Å². The maximum Gasteiger partial charge on any atom is 0.158 e. The van der Waals surface area contributed by atoms with Crippen LogP contribution in [-0.2, 0) is 42.7 Å². The molecule has 4 heterocycles. The molecule has 2 aliphatic heterocycles. The first-order chi connectivity index (χ1) is 39.6. The number of nitrogens with zero attached hydrogens (tertiary/aromatic N) is 3. The van der Waals surface area contributed by atoms with Gasteiger partial charge in [0, 0.05) is 76.6 Å². The van der Waals surface area contributed by atoms with Crippen LogP contribution in [0.5, 0.6) is 11.5 Å². The Morgan fingerprint density at radius 2 is 1.08 bits per heavy atom. The summed E-state index contributed by atoms with van der Waals surface area (Å²) in [5.41, 5.74) is 14.9. The molecule has 0 atom stereocenters. The minimum absolute atomic E-state index is 0. The van der Waals surface area contributed by atoms with Gasteiger partial charge in [-0.05, 0) is 131 Å². The molecule has 0 saturated heterocycles. The van der Waals surface area contributed by atoms with Crippen molar-refractivity contribution in [3.05, 3.63) is 236 Å². The fourth-order valence-corrected chi connectivity index (χ4v) is 19.9. The second-order valence-electron chi connectivity index (χ2n) is 26.7. The summed E-state index contributed by atoms with van der Waals surface area (Å²) in [6.07, 6.45) is 1.95. The number of benzene rings is 9. The molecule has 0 amide bonds. The molecule has 2 aliphatic rings. The number of para-hydroxylation sites is 2. The molecule has 0 unspecified atom stereocenters. The topological polar surface area (TPSA) is 42.3 Å². The second kappa shape index (κ2) is 21.0. The fraction of sp³-hybridized carbons (Fsp3) is 0.211. The van der Waals surface area contributed by atoms with Gasteiger partial charge in [-0.1, -0.05) is 215 Å². The molecule has 0 saturated carbocycles. The van der Waals surface area contributed by atoms with E-state index in [2.05, 4.69) is 286 Å². The number of anilines is 4. The number of nitrogens with one attached hydrogen (secondary N) is 1. The van der Waals surface area contributed by atoms with Crippen LogP contribution >= 0.6 is 11.8 Å². The Balaban J connectivity index is 0.00000694. The van der Waals surface area contributed by atoms with Crippen LogP contribution in [0.4, 0.5) is 22.7 Å². The summed E-state index contributed by atoms with van der Waals surface area (Å²) < 4.78 is 9.47. The summed E-state index contributed by atoms with van der Waals surface area (Å²) in [4.78, 5) is 9.84. The largest absolute Gasteiger partial charge is 0.509 e. The zero-order chi connectivity index (χ0) is 58.0. The van der Waals surface area contributed by atoms with Gasteiger partial charge in [0.1, 0.15) is 5.82 Å². The number of hydrogen-bond acceptors (Lipinski definition) is 5. The van der Waals surface area contributed by atoms with Gasteiger partial charge in [0.15, 0.2) is 8.07 Å². The van der Waals surface area contributed by atoms with Crippen LogP contribution in [0.25, 0.3) is 49.9 Å². The third-order valence-electron chi connectivity index (χ3n) is 17.0. The maximum atomic E-state index is 7.16. The summed E-state index contributed by atoms with van der Waals surface area (Å²) >= 11 is 1.88. The van der Waals surface area contributed by atoms with E-state index in [-0.39, 0.29) is 42.7 Å². The minimum Gasteiger partial charge on any atom is -0.509 e. The van der Waals surface area contributed by atoms with Crippen molar-refractivity contribution in [2.45, 2.75) is 115 Å². The van der Waals surface area contributed by atoms with Crippen LogP contribution in [-0.4, -0.2) is 17.6 Å². The molecule has 0 aliphatic carbocycles. The predicted octanol–water partition coefficient (Wildman–Crippen LogP) is 17.9. The van der Waals surface area contributed by atoms with Crippen molar-refractivity contribution in [3.63, 3.8) is 0 Å². The summed E-state index contributed by atoms with van der Waals surface area (Å²) in [5, 5.41) is 11.8. The van der Waals surface area contributed by atoms with Crippen molar-refractivity contribution in [1.29, 1.82) is 0 Å². The Morgan fingerprint density at radius 3 is 1.74 bits per heavy atom. The maximum absolute atomic E-state index is 7.16. The number of rotatable bonds is 9. The number of fused-ring (bicyclic) bond motifs is 6. The Kier molecular flexibility index (Phi) is 14.2. The van der Waals surface area contributed by atoms with Gasteiger partial charge >= 0.3 is 0 Å². The summed E-state index contributed by atoms with van der Waals surface area (Å²) in [6.45, 7) is 27.5. The number of aromatic nitrogens is 2. The van der Waals surface area contributed by atoms with Crippen LogP contribution in [0, 0.1) is 19.2 Å². The van der Waals surface area contributed by atoms with Crippen LogP contribution < -0.4 is 35.7 Å². The molecule has 424 valence electrons. The van der Waals surface area contributed by atoms with Crippen LogP contribution in [0.15, 0.2) is 204 Å². The van der Waals surface area contributed by atoms with Gasteiger partial charge < -0.3 is 19.5 Å². The molecule has 1 spiro atoms. The third-order valence-corrected chi connectivity index (χ3v) is 23.4. The average Bonchev–Trinajstić information content (AvgIpc) is 1.56. The summed E-state index contributed by atoms with van der Waals surface area (Å²) in [7, 11) is 2.07. The molecule has 5 nitrogen and oxygen atoms in total. The Labute approximate surface area is 516 Å². The van der Waals surface area contributed by atoms with Crippen LogP contribution in [0.3, 0.4) is 0 Å². The quantitative estimate of drug-likeness (QED) is 0.115. The van der Waals surface area contributed by atoms with E-state index in [1.54, 1.807) is 0 Å². The smallest absolute Gasteiger partial charge is 0.158 e. The van der Waals surface area contributed by atoms with E-state index in [1.165, 1.54) is 69.1 Å². The van der Waals surface area contributed by atoms with Crippen molar-refractivity contribution >= 4 is 85.1 Å². The van der Waals surface area contributed by atoms with Crippen molar-refractivity contribution in [2.24, 2.45) is 0 Å². The molecule has 0 radical (unpaired) electrons. The SMILES string of the molecule is [CH2-]N(c1ccccc1Nc1[c-]c(Oc2[c-]c3c4c(c2)[Si]2(c5ccccc5Sc5ccccc52)c2cccc(c24)n3-c2cc(C(C)(C)C)ccn2)ccc1)c1c(-c2ccccc2)cc(C(C)(C)C)cc1-c1cc(C(C)(C)C)cc(C(C)(C)C)c1.[Pt]. The van der Waals surface area contributed by atoms with Crippen molar-refractivity contribution in [2.75, 3.05) is 10.2 Å². The second-order valence-corrected chi connectivity index (χ2v) is 31.5. The van der Waals surface area contributed by atoms with E-state index in [0.29, 0.717) is 11.5 Å². The van der Waals surface area contributed by atoms with E-state index in [4.69, 9.17) is 16.8 Å². The molecule has 0 fully saturated rings. The number of pyridine rings is 1. The summed E-state index contributed by atoms with van der Waals surface area (Å²) in [5.74, 6) is 2.07. The monoisotopic (exact) mass is 1310 g/mol. The molecule has 9 aromatic carbocycles. The van der Waals surface area contributed by atoms with Crippen molar-refractivity contribution < 1.29 is 25.8 Å².